The molecule has 1 aliphatic rings. The molecule has 0 radical (unpaired) electrons. The molecule has 2 rings (SSSR count). The molecule has 0 saturated heterocycles. The molecular weight excluding hydrogens is 282 g/mol. The molecule has 4 nitrogen and oxygen atoms in total. The van der Waals surface area contributed by atoms with E-state index in [4.69, 9.17) is 0 Å². The maximum Gasteiger partial charge on any atom is 0.284 e. The summed E-state index contributed by atoms with van der Waals surface area (Å²) in [5, 5.41) is 2.22. The van der Waals surface area contributed by atoms with Crippen molar-refractivity contribution in [3.63, 3.8) is 0 Å². The van der Waals surface area contributed by atoms with Crippen LogP contribution < -0.4 is 5.32 Å². The Kier molecular flexibility index (Phi) is 3.16. The number of rotatable bonds is 2. The topological polar surface area (TPSA) is 58.5 Å². The summed E-state index contributed by atoms with van der Waals surface area (Å²) in [6.07, 6.45) is 0. The zero-order valence-electron chi connectivity index (χ0n) is 9.30. The van der Waals surface area contributed by atoms with Crippen LogP contribution in [0.1, 0.15) is 6.92 Å². The predicted octanol–water partition coefficient (Wildman–Crippen LogP) is 2.77. The molecule has 98 valence electrons. The molecular formula is C10H10F2N2O2S2. The highest BCUT2D eigenvalue weighted by Crippen LogP contribution is 2.57. The average molecular weight is 292 g/mol. The molecule has 0 unspecified atom stereocenters. The number of allylic oxidation sites excluding steroid dienone is 1. The molecule has 1 aromatic carbocycles. The Bertz CT molecular complexity index is 625. The number of benzene rings is 1. The highest BCUT2D eigenvalue weighted by molar-refractivity contribution is 8.40. The van der Waals surface area contributed by atoms with Gasteiger partial charge in [0.05, 0.1) is 4.90 Å². The minimum atomic E-state index is -4.28. The highest BCUT2D eigenvalue weighted by Gasteiger charge is 2.35. The number of halogens is 2. The second kappa shape index (κ2) is 4.36. The lowest BCUT2D eigenvalue weighted by Gasteiger charge is -2.11. The molecule has 0 fully saturated rings. The molecule has 0 aromatic heterocycles. The first-order valence-electron chi connectivity index (χ1n) is 4.89. The van der Waals surface area contributed by atoms with Gasteiger partial charge in [0.15, 0.2) is 0 Å². The van der Waals surface area contributed by atoms with E-state index in [9.17, 15) is 16.2 Å². The molecule has 0 bridgehead atoms. The normalized spacial score (nSPS) is 22.4. The van der Waals surface area contributed by atoms with Gasteiger partial charge in [-0.2, -0.15) is 8.42 Å². The van der Waals surface area contributed by atoms with E-state index in [1.54, 1.807) is 6.07 Å². The van der Waals surface area contributed by atoms with Gasteiger partial charge in [-0.3, -0.25) is 0 Å². The first kappa shape index (κ1) is 13.0. The number of sulfonamides is 1. The monoisotopic (exact) mass is 292 g/mol. The maximum atomic E-state index is 13.5. The lowest BCUT2D eigenvalue weighted by Crippen LogP contribution is -2.18. The van der Waals surface area contributed by atoms with E-state index in [1.807, 2.05) is 0 Å². The van der Waals surface area contributed by atoms with E-state index in [0.29, 0.717) is 5.41 Å². The lowest BCUT2D eigenvalue weighted by molar-refractivity contribution is 0.598. The van der Waals surface area contributed by atoms with Crippen molar-refractivity contribution in [2.45, 2.75) is 11.8 Å². The molecule has 0 aliphatic carbocycles. The Hall–Kier alpha value is -1.41. The average Bonchev–Trinajstić information content (AvgIpc) is 2.52. The first-order chi connectivity index (χ1) is 8.31. The Labute approximate surface area is 105 Å². The third-order valence-corrected chi connectivity index (χ3v) is 4.90. The fourth-order valence-electron chi connectivity index (χ4n) is 1.37. The van der Waals surface area contributed by atoms with Crippen molar-refractivity contribution in [1.29, 1.82) is 0 Å². The maximum absolute atomic E-state index is 13.5. The fraction of sp³-hybridized carbons (Fsp3) is 0.100. The summed E-state index contributed by atoms with van der Waals surface area (Å²) < 4.78 is 53.7. The Morgan fingerprint density at radius 2 is 1.83 bits per heavy atom. The summed E-state index contributed by atoms with van der Waals surface area (Å²) in [4.78, 5) is -0.112. The van der Waals surface area contributed by atoms with Crippen LogP contribution in [0.15, 0.2) is 50.7 Å². The first-order valence-corrected chi connectivity index (χ1v) is 7.83. The molecule has 1 N–H and O–H groups in total. The second-order valence-electron chi connectivity index (χ2n) is 3.62. The van der Waals surface area contributed by atoms with Crippen LogP contribution in [0.2, 0.25) is 0 Å². The quantitative estimate of drug-likeness (QED) is 0.912. The summed E-state index contributed by atoms with van der Waals surface area (Å²) in [6.45, 7) is 1.43. The molecule has 1 aliphatic heterocycles. The van der Waals surface area contributed by atoms with Crippen LogP contribution in [0.3, 0.4) is 0 Å². The largest absolute Gasteiger partial charge is 0.334 e. The van der Waals surface area contributed by atoms with E-state index in [2.05, 4.69) is 9.71 Å². The van der Waals surface area contributed by atoms with Gasteiger partial charge in [-0.25, -0.2) is 0 Å². The number of hydrogen-bond acceptors (Lipinski definition) is 2. The van der Waals surface area contributed by atoms with Crippen LogP contribution in [-0.4, -0.2) is 13.6 Å². The summed E-state index contributed by atoms with van der Waals surface area (Å²) in [5.74, 6) is 0. The fourth-order valence-corrected chi connectivity index (χ4v) is 3.84. The molecule has 0 amide bonds. The number of nitrogens with zero attached hydrogens (tertiary/aromatic N) is 1. The van der Waals surface area contributed by atoms with Gasteiger partial charge in [-0.15, -0.1) is 12.2 Å². The van der Waals surface area contributed by atoms with Crippen molar-refractivity contribution < 1.29 is 16.2 Å². The lowest BCUT2D eigenvalue weighted by atomic mass is 10.4. The summed E-state index contributed by atoms with van der Waals surface area (Å²) in [7, 11) is -8.38. The van der Waals surface area contributed by atoms with Crippen molar-refractivity contribution in [1.82, 2.24) is 5.32 Å². The van der Waals surface area contributed by atoms with Crippen molar-refractivity contribution in [3.8, 4) is 0 Å². The van der Waals surface area contributed by atoms with Crippen LogP contribution >= 0.6 is 10.8 Å². The zero-order chi connectivity index (χ0) is 13.4. The Morgan fingerprint density at radius 3 is 2.33 bits per heavy atom. The van der Waals surface area contributed by atoms with Crippen LogP contribution in [-0.2, 0) is 10.0 Å². The van der Waals surface area contributed by atoms with Gasteiger partial charge < -0.3 is 5.32 Å². The molecule has 0 spiro atoms. The van der Waals surface area contributed by atoms with Gasteiger partial charge in [-0.05, 0) is 19.1 Å². The molecule has 0 saturated carbocycles. The van der Waals surface area contributed by atoms with Crippen LogP contribution in [0, 0.1) is 0 Å². The molecule has 18 heavy (non-hydrogen) atoms. The standard InChI is InChI=1S/C10H10F2N2O2S2/c1-8-7-17(11,12)10(13-8)14-18(15,16)9-5-3-2-4-6-9/h2-7H,1H3,(H,13,14). The zero-order valence-corrected chi connectivity index (χ0v) is 10.9. The van der Waals surface area contributed by atoms with Gasteiger partial charge in [0.25, 0.3) is 10.0 Å². The minimum absolute atomic E-state index is 0.112. The summed E-state index contributed by atoms with van der Waals surface area (Å²) in [5.41, 5.74) is 0.206. The van der Waals surface area contributed by atoms with Crippen molar-refractivity contribution in [2.75, 3.05) is 0 Å². The van der Waals surface area contributed by atoms with Crippen LogP contribution in [0.5, 0.6) is 0 Å². The van der Waals surface area contributed by atoms with Crippen LogP contribution in [0.4, 0.5) is 7.77 Å². The second-order valence-corrected chi connectivity index (χ2v) is 6.86. The Balaban J connectivity index is 2.41. The molecule has 0 atom stereocenters. The third-order valence-electron chi connectivity index (χ3n) is 2.13. The van der Waals surface area contributed by atoms with Crippen molar-refractivity contribution in [2.24, 2.45) is 4.40 Å². The van der Waals surface area contributed by atoms with Gasteiger partial charge >= 0.3 is 0 Å². The van der Waals surface area contributed by atoms with Gasteiger partial charge in [-0.1, -0.05) is 18.2 Å². The smallest absolute Gasteiger partial charge is 0.284 e. The van der Waals surface area contributed by atoms with Gasteiger partial charge in [0, 0.05) is 11.1 Å². The number of nitrogens with one attached hydrogen (secondary N) is 1. The predicted molar refractivity (Wildman–Crippen MR) is 67.8 cm³/mol. The highest BCUT2D eigenvalue weighted by atomic mass is 32.3. The SMILES string of the molecule is CC1=CS(F)(F)/C(=N/S(=O)(=O)c2ccccc2)N1. The number of amidine groups is 1. The van der Waals surface area contributed by atoms with Crippen LogP contribution in [0.25, 0.3) is 0 Å². The van der Waals surface area contributed by atoms with E-state index in [0.717, 1.165) is 0 Å². The van der Waals surface area contributed by atoms with Crippen molar-refractivity contribution >= 4 is 26.0 Å². The number of hydrogen-bond donors (Lipinski definition) is 1. The summed E-state index contributed by atoms with van der Waals surface area (Å²) >= 11 is 0. The van der Waals surface area contributed by atoms with E-state index < -0.39 is 26.0 Å². The van der Waals surface area contributed by atoms with Crippen molar-refractivity contribution in [3.05, 3.63) is 41.4 Å². The summed E-state index contributed by atoms with van der Waals surface area (Å²) in [6, 6.07) is 7.25. The molecule has 1 aromatic rings. The van der Waals surface area contributed by atoms with E-state index in [-0.39, 0.29) is 10.6 Å². The Morgan fingerprint density at radius 1 is 1.22 bits per heavy atom. The molecule has 1 heterocycles. The van der Waals surface area contributed by atoms with E-state index >= 15 is 0 Å². The minimum Gasteiger partial charge on any atom is -0.334 e. The van der Waals surface area contributed by atoms with Gasteiger partial charge in [0.2, 0.25) is 5.17 Å². The van der Waals surface area contributed by atoms with Gasteiger partial charge in [0.1, 0.15) is 10.8 Å². The molecule has 8 heteroatoms. The van der Waals surface area contributed by atoms with E-state index in [1.165, 1.54) is 31.2 Å². The third kappa shape index (κ3) is 2.54.